The molecular weight excluding hydrogens is 246 g/mol. The van der Waals surface area contributed by atoms with Crippen molar-refractivity contribution >= 4 is 11.9 Å². The van der Waals surface area contributed by atoms with Gasteiger partial charge in [0.25, 0.3) is 0 Å². The summed E-state index contributed by atoms with van der Waals surface area (Å²) in [5.74, 6) is -0.793. The standard InChI is InChI=1S/C13H19N3O3/c1-2-4-12(17)15-6-3-5-11(9-15)16-8-10(7-14-16)13(18)19/h7-8,11H,2-6,9H2,1H3,(H,18,19). The zero-order valence-electron chi connectivity index (χ0n) is 11.1. The van der Waals surface area contributed by atoms with E-state index in [0.29, 0.717) is 13.0 Å². The Morgan fingerprint density at radius 2 is 2.32 bits per heavy atom. The molecule has 6 nitrogen and oxygen atoms in total. The number of aromatic nitrogens is 2. The summed E-state index contributed by atoms with van der Waals surface area (Å²) in [6.45, 7) is 3.41. The van der Waals surface area contributed by atoms with Crippen LogP contribution in [0.25, 0.3) is 0 Å². The molecule has 0 aromatic carbocycles. The topological polar surface area (TPSA) is 75.4 Å². The van der Waals surface area contributed by atoms with Gasteiger partial charge in [-0.05, 0) is 19.3 Å². The molecule has 0 radical (unpaired) electrons. The molecule has 0 spiro atoms. The second-order valence-corrected chi connectivity index (χ2v) is 4.90. The molecule has 1 atom stereocenters. The van der Waals surface area contributed by atoms with Crippen molar-refractivity contribution < 1.29 is 14.7 Å². The van der Waals surface area contributed by atoms with Gasteiger partial charge in [-0.3, -0.25) is 9.48 Å². The van der Waals surface area contributed by atoms with E-state index in [9.17, 15) is 9.59 Å². The molecule has 19 heavy (non-hydrogen) atoms. The molecule has 0 bridgehead atoms. The van der Waals surface area contributed by atoms with Crippen molar-refractivity contribution in [1.29, 1.82) is 0 Å². The Morgan fingerprint density at radius 3 is 2.95 bits per heavy atom. The number of nitrogens with zero attached hydrogens (tertiary/aromatic N) is 3. The fourth-order valence-corrected chi connectivity index (χ4v) is 2.42. The predicted octanol–water partition coefficient (Wildman–Crippen LogP) is 1.54. The van der Waals surface area contributed by atoms with Gasteiger partial charge in [0.15, 0.2) is 0 Å². The van der Waals surface area contributed by atoms with Crippen molar-refractivity contribution in [1.82, 2.24) is 14.7 Å². The minimum atomic E-state index is -0.971. The van der Waals surface area contributed by atoms with Crippen LogP contribution in [-0.2, 0) is 4.79 Å². The maximum absolute atomic E-state index is 11.9. The summed E-state index contributed by atoms with van der Waals surface area (Å²) in [7, 11) is 0. The van der Waals surface area contributed by atoms with Gasteiger partial charge >= 0.3 is 5.97 Å². The third kappa shape index (κ3) is 3.13. The average molecular weight is 265 g/mol. The van der Waals surface area contributed by atoms with E-state index in [1.807, 2.05) is 11.8 Å². The SMILES string of the molecule is CCCC(=O)N1CCCC(n2cc(C(=O)O)cn2)C1. The highest BCUT2D eigenvalue weighted by molar-refractivity contribution is 5.86. The Hall–Kier alpha value is -1.85. The molecule has 1 aliphatic heterocycles. The number of carboxylic acids is 1. The van der Waals surface area contributed by atoms with Gasteiger partial charge in [-0.25, -0.2) is 4.79 Å². The number of carbonyl (C=O) groups excluding carboxylic acids is 1. The molecule has 6 heteroatoms. The molecule has 1 N–H and O–H groups in total. The Balaban J connectivity index is 2.03. The summed E-state index contributed by atoms with van der Waals surface area (Å²) >= 11 is 0. The van der Waals surface area contributed by atoms with Gasteiger partial charge in [0.2, 0.25) is 5.91 Å². The number of rotatable bonds is 4. The molecule has 2 heterocycles. The van der Waals surface area contributed by atoms with Gasteiger partial charge in [0, 0.05) is 25.7 Å². The van der Waals surface area contributed by atoms with Crippen LogP contribution in [0, 0.1) is 0 Å². The molecule has 1 saturated heterocycles. The Labute approximate surface area is 112 Å². The fraction of sp³-hybridized carbons (Fsp3) is 0.615. The van der Waals surface area contributed by atoms with E-state index in [0.717, 1.165) is 25.8 Å². The second kappa shape index (κ2) is 5.86. The van der Waals surface area contributed by atoms with Crippen LogP contribution in [0.15, 0.2) is 12.4 Å². The maximum atomic E-state index is 11.9. The van der Waals surface area contributed by atoms with Crippen LogP contribution < -0.4 is 0 Å². The molecule has 0 saturated carbocycles. The number of carboxylic acid groups (broad SMARTS) is 1. The predicted molar refractivity (Wildman–Crippen MR) is 68.9 cm³/mol. The summed E-state index contributed by atoms with van der Waals surface area (Å²) in [6.07, 6.45) is 6.19. The largest absolute Gasteiger partial charge is 0.478 e. The molecule has 1 unspecified atom stereocenters. The first-order valence-corrected chi connectivity index (χ1v) is 6.67. The zero-order valence-corrected chi connectivity index (χ0v) is 11.1. The van der Waals surface area contributed by atoms with Crippen LogP contribution in [0.2, 0.25) is 0 Å². The molecule has 1 aliphatic rings. The van der Waals surface area contributed by atoms with Gasteiger partial charge in [0.1, 0.15) is 0 Å². The van der Waals surface area contributed by atoms with E-state index in [-0.39, 0.29) is 17.5 Å². The van der Waals surface area contributed by atoms with Crippen LogP contribution in [0.1, 0.15) is 49.0 Å². The van der Waals surface area contributed by atoms with Crippen LogP contribution in [0.3, 0.4) is 0 Å². The fourth-order valence-electron chi connectivity index (χ4n) is 2.42. The van der Waals surface area contributed by atoms with Crippen LogP contribution in [-0.4, -0.2) is 44.8 Å². The van der Waals surface area contributed by atoms with E-state index >= 15 is 0 Å². The molecule has 1 aromatic rings. The summed E-state index contributed by atoms with van der Waals surface area (Å²) in [6, 6.07) is 0.0858. The van der Waals surface area contributed by atoms with E-state index < -0.39 is 5.97 Å². The summed E-state index contributed by atoms with van der Waals surface area (Å²) < 4.78 is 1.68. The Kier molecular flexibility index (Phi) is 4.19. The molecule has 1 amide bonds. The van der Waals surface area contributed by atoms with Crippen molar-refractivity contribution in [3.05, 3.63) is 18.0 Å². The smallest absolute Gasteiger partial charge is 0.338 e. The van der Waals surface area contributed by atoms with E-state index in [2.05, 4.69) is 5.10 Å². The molecular formula is C13H19N3O3. The van der Waals surface area contributed by atoms with Gasteiger partial charge in [-0.1, -0.05) is 6.92 Å². The first kappa shape index (κ1) is 13.6. The number of piperidine rings is 1. The lowest BCUT2D eigenvalue weighted by Gasteiger charge is -2.32. The summed E-state index contributed by atoms with van der Waals surface area (Å²) in [5, 5.41) is 13.0. The van der Waals surface area contributed by atoms with Gasteiger partial charge < -0.3 is 10.0 Å². The number of carbonyl (C=O) groups is 2. The first-order chi connectivity index (χ1) is 9.11. The van der Waals surface area contributed by atoms with Crippen LogP contribution in [0.5, 0.6) is 0 Å². The van der Waals surface area contributed by atoms with E-state index in [1.165, 1.54) is 6.20 Å². The van der Waals surface area contributed by atoms with E-state index in [1.54, 1.807) is 10.9 Å². The number of likely N-dealkylation sites (tertiary alicyclic amines) is 1. The van der Waals surface area contributed by atoms with Gasteiger partial charge in [-0.2, -0.15) is 5.10 Å². The number of aromatic carboxylic acids is 1. The molecule has 1 aromatic heterocycles. The monoisotopic (exact) mass is 265 g/mol. The van der Waals surface area contributed by atoms with Crippen molar-refractivity contribution in [2.75, 3.05) is 13.1 Å². The van der Waals surface area contributed by atoms with E-state index in [4.69, 9.17) is 5.11 Å². The molecule has 2 rings (SSSR count). The quantitative estimate of drug-likeness (QED) is 0.896. The normalized spacial score (nSPS) is 19.4. The van der Waals surface area contributed by atoms with Crippen molar-refractivity contribution in [2.24, 2.45) is 0 Å². The number of amides is 1. The minimum absolute atomic E-state index is 0.0858. The second-order valence-electron chi connectivity index (χ2n) is 4.90. The average Bonchev–Trinajstić information content (AvgIpc) is 2.89. The van der Waals surface area contributed by atoms with Gasteiger partial charge in [-0.15, -0.1) is 0 Å². The van der Waals surface area contributed by atoms with Crippen LogP contribution in [0.4, 0.5) is 0 Å². The zero-order chi connectivity index (χ0) is 13.8. The molecule has 1 fully saturated rings. The third-order valence-electron chi connectivity index (χ3n) is 3.44. The van der Waals surface area contributed by atoms with Gasteiger partial charge in [0.05, 0.1) is 17.8 Å². The lowest BCUT2D eigenvalue weighted by Crippen LogP contribution is -2.40. The Bertz CT molecular complexity index is 469. The lowest BCUT2D eigenvalue weighted by molar-refractivity contribution is -0.132. The number of hydrogen-bond acceptors (Lipinski definition) is 3. The maximum Gasteiger partial charge on any atom is 0.338 e. The lowest BCUT2D eigenvalue weighted by atomic mass is 10.1. The number of hydrogen-bond donors (Lipinski definition) is 1. The highest BCUT2D eigenvalue weighted by atomic mass is 16.4. The van der Waals surface area contributed by atoms with Crippen LogP contribution >= 0.6 is 0 Å². The third-order valence-corrected chi connectivity index (χ3v) is 3.44. The Morgan fingerprint density at radius 1 is 1.53 bits per heavy atom. The highest BCUT2D eigenvalue weighted by Crippen LogP contribution is 2.22. The molecule has 0 aliphatic carbocycles. The minimum Gasteiger partial charge on any atom is -0.478 e. The highest BCUT2D eigenvalue weighted by Gasteiger charge is 2.25. The summed E-state index contributed by atoms with van der Waals surface area (Å²) in [5.41, 5.74) is 0.192. The van der Waals surface area contributed by atoms with Crippen molar-refractivity contribution in [3.63, 3.8) is 0 Å². The summed E-state index contributed by atoms with van der Waals surface area (Å²) in [4.78, 5) is 24.6. The van der Waals surface area contributed by atoms with Crippen molar-refractivity contribution in [2.45, 2.75) is 38.6 Å². The van der Waals surface area contributed by atoms with Crippen molar-refractivity contribution in [3.8, 4) is 0 Å². The first-order valence-electron chi connectivity index (χ1n) is 6.67. The molecule has 104 valence electrons.